The van der Waals surface area contributed by atoms with Crippen LogP contribution in [-0.4, -0.2) is 5.11 Å². The summed E-state index contributed by atoms with van der Waals surface area (Å²) in [4.78, 5) is 0. The maximum atomic E-state index is 9.12. The number of aromatic hydroxyl groups is 1. The van der Waals surface area contributed by atoms with Crippen molar-refractivity contribution in [3.63, 3.8) is 0 Å². The normalized spacial score (nSPS) is 8.80. The Morgan fingerprint density at radius 3 is 2.70 bits per heavy atom. The SMILES string of the molecule is C#Cc1ccc(Br)cc1O. The van der Waals surface area contributed by atoms with E-state index in [0.717, 1.165) is 4.47 Å². The minimum atomic E-state index is 0.136. The Morgan fingerprint density at radius 1 is 1.50 bits per heavy atom. The molecule has 0 aromatic heterocycles. The molecule has 0 spiro atoms. The quantitative estimate of drug-likeness (QED) is 0.631. The van der Waals surface area contributed by atoms with Gasteiger partial charge in [-0.1, -0.05) is 21.9 Å². The minimum Gasteiger partial charge on any atom is -0.507 e. The van der Waals surface area contributed by atoms with Crippen molar-refractivity contribution in [1.82, 2.24) is 0 Å². The van der Waals surface area contributed by atoms with Crippen LogP contribution in [0.1, 0.15) is 5.56 Å². The Bertz CT molecular complexity index is 286. The average molecular weight is 197 g/mol. The van der Waals surface area contributed by atoms with E-state index in [9.17, 15) is 0 Å². The first kappa shape index (κ1) is 7.17. The van der Waals surface area contributed by atoms with Crippen LogP contribution in [0.2, 0.25) is 0 Å². The summed E-state index contributed by atoms with van der Waals surface area (Å²) in [6, 6.07) is 5.03. The molecule has 0 heterocycles. The van der Waals surface area contributed by atoms with Gasteiger partial charge in [-0.3, -0.25) is 0 Å². The molecule has 0 radical (unpaired) electrons. The van der Waals surface area contributed by atoms with Crippen LogP contribution >= 0.6 is 15.9 Å². The third-order valence-electron chi connectivity index (χ3n) is 1.12. The molecule has 0 bridgehead atoms. The lowest BCUT2D eigenvalue weighted by Gasteiger charge is -1.95. The molecule has 1 rings (SSSR count). The summed E-state index contributed by atoms with van der Waals surface area (Å²) in [6.45, 7) is 0. The predicted octanol–water partition coefficient (Wildman–Crippen LogP) is 2.14. The van der Waals surface area contributed by atoms with Gasteiger partial charge in [-0.2, -0.15) is 0 Å². The zero-order chi connectivity index (χ0) is 7.56. The van der Waals surface area contributed by atoms with Gasteiger partial charge in [-0.15, -0.1) is 6.42 Å². The summed E-state index contributed by atoms with van der Waals surface area (Å²) in [5, 5.41) is 9.12. The number of phenolic OH excluding ortho intramolecular Hbond substituents is 1. The molecule has 0 saturated carbocycles. The standard InChI is InChI=1S/C8H5BrO/c1-2-6-3-4-7(9)5-8(6)10/h1,3-5,10H. The number of hydrogen-bond acceptors (Lipinski definition) is 1. The Kier molecular flexibility index (Phi) is 1.98. The Labute approximate surface area is 67.8 Å². The van der Waals surface area contributed by atoms with Crippen LogP contribution in [0.5, 0.6) is 5.75 Å². The van der Waals surface area contributed by atoms with E-state index in [1.165, 1.54) is 0 Å². The summed E-state index contributed by atoms with van der Waals surface area (Å²) < 4.78 is 0.823. The number of benzene rings is 1. The molecule has 0 aliphatic carbocycles. The highest BCUT2D eigenvalue weighted by Gasteiger charge is 1.95. The summed E-state index contributed by atoms with van der Waals surface area (Å²) in [5.74, 6) is 2.49. The Hall–Kier alpha value is -0.940. The largest absolute Gasteiger partial charge is 0.507 e. The minimum absolute atomic E-state index is 0.136. The van der Waals surface area contributed by atoms with Crippen LogP contribution in [0, 0.1) is 12.3 Å². The fourth-order valence-corrected chi connectivity index (χ4v) is 0.976. The molecular formula is C8H5BrO. The second-order valence-corrected chi connectivity index (χ2v) is 2.72. The molecule has 1 N–H and O–H groups in total. The van der Waals surface area contributed by atoms with E-state index < -0.39 is 0 Å². The molecule has 1 nitrogen and oxygen atoms in total. The van der Waals surface area contributed by atoms with Gasteiger partial charge in [0.05, 0.1) is 5.56 Å². The van der Waals surface area contributed by atoms with Crippen molar-refractivity contribution in [2.24, 2.45) is 0 Å². The molecule has 10 heavy (non-hydrogen) atoms. The molecule has 2 heteroatoms. The molecule has 0 aliphatic rings. The molecule has 0 amide bonds. The first-order chi connectivity index (χ1) is 4.74. The van der Waals surface area contributed by atoms with Gasteiger partial charge in [0, 0.05) is 4.47 Å². The monoisotopic (exact) mass is 196 g/mol. The zero-order valence-electron chi connectivity index (χ0n) is 5.13. The van der Waals surface area contributed by atoms with Crippen LogP contribution in [0.15, 0.2) is 22.7 Å². The van der Waals surface area contributed by atoms with Gasteiger partial charge >= 0.3 is 0 Å². The molecule has 1 aromatic carbocycles. The first-order valence-electron chi connectivity index (χ1n) is 2.69. The molecule has 50 valence electrons. The van der Waals surface area contributed by atoms with Gasteiger partial charge in [0.1, 0.15) is 5.75 Å². The molecule has 0 unspecified atom stereocenters. The van der Waals surface area contributed by atoms with Gasteiger partial charge < -0.3 is 5.11 Å². The second-order valence-electron chi connectivity index (χ2n) is 1.81. The fraction of sp³-hybridized carbons (Fsp3) is 0. The topological polar surface area (TPSA) is 20.2 Å². The molecule has 1 aromatic rings. The van der Waals surface area contributed by atoms with Crippen LogP contribution in [0.25, 0.3) is 0 Å². The van der Waals surface area contributed by atoms with Crippen LogP contribution in [0.4, 0.5) is 0 Å². The smallest absolute Gasteiger partial charge is 0.132 e. The van der Waals surface area contributed by atoms with Gasteiger partial charge in [0.25, 0.3) is 0 Å². The molecule has 0 saturated heterocycles. The fourth-order valence-electron chi connectivity index (χ4n) is 0.627. The van der Waals surface area contributed by atoms with E-state index in [-0.39, 0.29) is 5.75 Å². The second kappa shape index (κ2) is 2.76. The Morgan fingerprint density at radius 2 is 2.20 bits per heavy atom. The molecule has 0 atom stereocenters. The summed E-state index contributed by atoms with van der Waals surface area (Å²) in [7, 11) is 0. The maximum Gasteiger partial charge on any atom is 0.132 e. The van der Waals surface area contributed by atoms with Crippen molar-refractivity contribution in [3.05, 3.63) is 28.2 Å². The lowest BCUT2D eigenvalue weighted by molar-refractivity contribution is 0.473. The average Bonchev–Trinajstić information content (AvgIpc) is 1.88. The van der Waals surface area contributed by atoms with E-state index in [4.69, 9.17) is 11.5 Å². The Balaban J connectivity index is 3.23. The van der Waals surface area contributed by atoms with Crippen LogP contribution < -0.4 is 0 Å². The van der Waals surface area contributed by atoms with Crippen molar-refractivity contribution in [2.75, 3.05) is 0 Å². The number of hydrogen-bond donors (Lipinski definition) is 1. The van der Waals surface area contributed by atoms with Crippen molar-refractivity contribution >= 4 is 15.9 Å². The van der Waals surface area contributed by atoms with Gasteiger partial charge in [0.2, 0.25) is 0 Å². The summed E-state index contributed by atoms with van der Waals surface area (Å²) >= 11 is 3.20. The lowest BCUT2D eigenvalue weighted by Crippen LogP contribution is -1.74. The number of halogens is 1. The van der Waals surface area contributed by atoms with Crippen molar-refractivity contribution in [1.29, 1.82) is 0 Å². The maximum absolute atomic E-state index is 9.12. The van der Waals surface area contributed by atoms with Gasteiger partial charge in [-0.05, 0) is 18.2 Å². The first-order valence-corrected chi connectivity index (χ1v) is 3.48. The molecule has 0 aliphatic heterocycles. The van der Waals surface area contributed by atoms with E-state index >= 15 is 0 Å². The highest BCUT2D eigenvalue weighted by atomic mass is 79.9. The van der Waals surface area contributed by atoms with Crippen molar-refractivity contribution in [2.45, 2.75) is 0 Å². The van der Waals surface area contributed by atoms with Gasteiger partial charge in [-0.25, -0.2) is 0 Å². The zero-order valence-corrected chi connectivity index (χ0v) is 6.72. The van der Waals surface area contributed by atoms with E-state index in [0.29, 0.717) is 5.56 Å². The summed E-state index contributed by atoms with van der Waals surface area (Å²) in [5.41, 5.74) is 0.517. The highest BCUT2D eigenvalue weighted by molar-refractivity contribution is 9.10. The third kappa shape index (κ3) is 1.31. The van der Waals surface area contributed by atoms with E-state index in [1.807, 2.05) is 0 Å². The highest BCUT2D eigenvalue weighted by Crippen LogP contribution is 2.20. The van der Waals surface area contributed by atoms with Crippen LogP contribution in [-0.2, 0) is 0 Å². The van der Waals surface area contributed by atoms with Gasteiger partial charge in [0.15, 0.2) is 0 Å². The van der Waals surface area contributed by atoms with E-state index in [1.54, 1.807) is 18.2 Å². The van der Waals surface area contributed by atoms with Crippen molar-refractivity contribution < 1.29 is 5.11 Å². The van der Waals surface area contributed by atoms with E-state index in [2.05, 4.69) is 21.9 Å². The predicted molar refractivity (Wildman–Crippen MR) is 43.7 cm³/mol. The number of phenols is 1. The number of rotatable bonds is 0. The molecule has 0 fully saturated rings. The van der Waals surface area contributed by atoms with Crippen LogP contribution in [0.3, 0.4) is 0 Å². The van der Waals surface area contributed by atoms with Crippen molar-refractivity contribution in [3.8, 4) is 18.1 Å². The summed E-state index contributed by atoms with van der Waals surface area (Å²) in [6.07, 6.45) is 5.08. The third-order valence-corrected chi connectivity index (χ3v) is 1.61. The number of terminal acetylenes is 1. The molecular weight excluding hydrogens is 192 g/mol. The lowest BCUT2D eigenvalue weighted by atomic mass is 10.2.